The van der Waals surface area contributed by atoms with Crippen molar-refractivity contribution in [3.05, 3.63) is 24.3 Å². The van der Waals surface area contributed by atoms with Gasteiger partial charge in [0.2, 0.25) is 0 Å². The first-order valence-electron chi connectivity index (χ1n) is 7.17. The van der Waals surface area contributed by atoms with Gasteiger partial charge in [0.25, 0.3) is 0 Å². The fourth-order valence-electron chi connectivity index (χ4n) is 1.61. The van der Waals surface area contributed by atoms with Crippen LogP contribution in [0, 0.1) is 0 Å². The highest BCUT2D eigenvalue weighted by molar-refractivity contribution is 5.85. The lowest BCUT2D eigenvalue weighted by molar-refractivity contribution is -0.137. The van der Waals surface area contributed by atoms with Crippen molar-refractivity contribution in [3.8, 4) is 11.5 Å². The first-order valence-corrected chi connectivity index (χ1v) is 7.17. The van der Waals surface area contributed by atoms with Crippen molar-refractivity contribution in [2.75, 3.05) is 0 Å². The largest absolute Gasteiger partial charge is 0.423 e. The van der Waals surface area contributed by atoms with Gasteiger partial charge in [-0.1, -0.05) is 38.8 Å². The summed E-state index contributed by atoms with van der Waals surface area (Å²) in [5.74, 6) is 0.00437. The minimum atomic E-state index is -0.302. The number of carbonyl (C=O) groups excluding carboxylic acids is 2. The zero-order valence-electron chi connectivity index (χ0n) is 12.6. The van der Waals surface area contributed by atoms with Crippen LogP contribution in [0.25, 0.3) is 0 Å². The molecule has 0 radical (unpaired) electrons. The number of hydrogen-bond acceptors (Lipinski definition) is 4. The molecule has 1 aromatic rings. The average Bonchev–Trinajstić information content (AvgIpc) is 2.45. The Morgan fingerprint density at radius 1 is 0.857 bits per heavy atom. The Morgan fingerprint density at radius 2 is 1.24 bits per heavy atom. The SMILES string of the molecule is CCCCC(=O)Oc1ccccc1OC(=O)CCCC.Cl. The number of para-hydroxylation sites is 2. The fraction of sp³-hybridized carbons (Fsp3) is 0.500. The Labute approximate surface area is 132 Å². The Hall–Kier alpha value is -1.55. The third-order valence-electron chi connectivity index (χ3n) is 2.77. The number of halogens is 1. The predicted molar refractivity (Wildman–Crippen MR) is 84.0 cm³/mol. The summed E-state index contributed by atoms with van der Waals surface area (Å²) in [5, 5.41) is 0. The lowest BCUT2D eigenvalue weighted by Gasteiger charge is -2.10. The Bertz CT molecular complexity index is 405. The molecule has 0 heterocycles. The molecule has 0 N–H and O–H groups in total. The van der Waals surface area contributed by atoms with Crippen molar-refractivity contribution in [2.24, 2.45) is 0 Å². The van der Waals surface area contributed by atoms with Crippen LogP contribution in [-0.4, -0.2) is 11.9 Å². The molecule has 1 rings (SSSR count). The highest BCUT2D eigenvalue weighted by Crippen LogP contribution is 2.27. The van der Waals surface area contributed by atoms with E-state index in [0.29, 0.717) is 24.3 Å². The molecule has 0 aliphatic heterocycles. The summed E-state index contributed by atoms with van der Waals surface area (Å²) >= 11 is 0. The lowest BCUT2D eigenvalue weighted by Crippen LogP contribution is -2.11. The Kier molecular flexibility index (Phi) is 10.3. The van der Waals surface area contributed by atoms with Crippen LogP contribution in [0.1, 0.15) is 52.4 Å². The quantitative estimate of drug-likeness (QED) is 0.530. The molecule has 118 valence electrons. The van der Waals surface area contributed by atoms with Gasteiger partial charge >= 0.3 is 11.9 Å². The summed E-state index contributed by atoms with van der Waals surface area (Å²) in [6, 6.07) is 6.75. The van der Waals surface area contributed by atoms with Crippen molar-refractivity contribution in [1.29, 1.82) is 0 Å². The molecular weight excluding hydrogens is 292 g/mol. The fourth-order valence-corrected chi connectivity index (χ4v) is 1.61. The van der Waals surface area contributed by atoms with Crippen LogP contribution in [0.15, 0.2) is 24.3 Å². The zero-order chi connectivity index (χ0) is 14.8. The van der Waals surface area contributed by atoms with E-state index in [1.54, 1.807) is 24.3 Å². The summed E-state index contributed by atoms with van der Waals surface area (Å²) in [6.07, 6.45) is 4.18. The molecule has 0 aliphatic carbocycles. The molecule has 1 aromatic carbocycles. The van der Waals surface area contributed by atoms with Gasteiger partial charge in [-0.05, 0) is 25.0 Å². The van der Waals surface area contributed by atoms with E-state index in [4.69, 9.17) is 9.47 Å². The normalized spacial score (nSPS) is 9.62. The van der Waals surface area contributed by atoms with Crippen LogP contribution in [-0.2, 0) is 9.59 Å². The second kappa shape index (κ2) is 11.1. The molecule has 0 bridgehead atoms. The minimum Gasteiger partial charge on any atom is -0.423 e. The standard InChI is InChI=1S/C16H22O4.ClH/c1-3-5-11-15(17)19-13-9-7-8-10-14(13)20-16(18)12-6-4-2;/h7-10H,3-6,11-12H2,1-2H3;1H. The Morgan fingerprint density at radius 3 is 1.57 bits per heavy atom. The third-order valence-corrected chi connectivity index (χ3v) is 2.77. The van der Waals surface area contributed by atoms with Gasteiger partial charge < -0.3 is 9.47 Å². The maximum absolute atomic E-state index is 11.6. The van der Waals surface area contributed by atoms with Crippen LogP contribution in [0.3, 0.4) is 0 Å². The van der Waals surface area contributed by atoms with Crippen molar-refractivity contribution >= 4 is 24.3 Å². The van der Waals surface area contributed by atoms with Crippen LogP contribution < -0.4 is 9.47 Å². The molecule has 4 nitrogen and oxygen atoms in total. The van der Waals surface area contributed by atoms with Crippen molar-refractivity contribution in [3.63, 3.8) is 0 Å². The van der Waals surface area contributed by atoms with Gasteiger partial charge in [0.1, 0.15) is 0 Å². The van der Waals surface area contributed by atoms with E-state index in [1.165, 1.54) is 0 Å². The minimum absolute atomic E-state index is 0. The number of rotatable bonds is 8. The summed E-state index contributed by atoms with van der Waals surface area (Å²) in [4.78, 5) is 23.2. The third kappa shape index (κ3) is 7.71. The zero-order valence-corrected chi connectivity index (χ0v) is 13.4. The molecule has 0 atom stereocenters. The maximum Gasteiger partial charge on any atom is 0.311 e. The number of ether oxygens (including phenoxy) is 2. The molecule has 0 spiro atoms. The maximum atomic E-state index is 11.6. The molecule has 0 unspecified atom stereocenters. The van der Waals surface area contributed by atoms with Gasteiger partial charge in [-0.2, -0.15) is 0 Å². The van der Waals surface area contributed by atoms with Gasteiger partial charge in [-0.15, -0.1) is 12.4 Å². The molecule has 0 aliphatic rings. The van der Waals surface area contributed by atoms with Gasteiger partial charge in [0, 0.05) is 12.8 Å². The number of carbonyl (C=O) groups is 2. The predicted octanol–water partition coefficient (Wildman–Crippen LogP) is 4.30. The van der Waals surface area contributed by atoms with E-state index in [-0.39, 0.29) is 24.3 Å². The van der Waals surface area contributed by atoms with Gasteiger partial charge in [-0.25, -0.2) is 0 Å². The number of benzene rings is 1. The molecule has 0 saturated carbocycles. The summed E-state index contributed by atoms with van der Waals surface area (Å²) in [6.45, 7) is 4.02. The van der Waals surface area contributed by atoms with Crippen LogP contribution in [0.4, 0.5) is 0 Å². The molecular formula is C16H23ClO4. The summed E-state index contributed by atoms with van der Waals surface area (Å²) in [5.41, 5.74) is 0. The second-order valence-corrected chi connectivity index (χ2v) is 4.60. The van der Waals surface area contributed by atoms with Crippen LogP contribution in [0.2, 0.25) is 0 Å². The van der Waals surface area contributed by atoms with Gasteiger partial charge in [-0.3, -0.25) is 9.59 Å². The van der Waals surface area contributed by atoms with E-state index in [0.717, 1.165) is 25.7 Å². The van der Waals surface area contributed by atoms with Gasteiger partial charge in [0.05, 0.1) is 0 Å². The van der Waals surface area contributed by atoms with Crippen LogP contribution in [0.5, 0.6) is 11.5 Å². The first kappa shape index (κ1) is 19.4. The second-order valence-electron chi connectivity index (χ2n) is 4.60. The number of esters is 2. The summed E-state index contributed by atoms with van der Waals surface area (Å²) < 4.78 is 10.5. The van der Waals surface area contributed by atoms with E-state index < -0.39 is 0 Å². The molecule has 0 fully saturated rings. The van der Waals surface area contributed by atoms with E-state index >= 15 is 0 Å². The first-order chi connectivity index (χ1) is 9.67. The summed E-state index contributed by atoms with van der Waals surface area (Å²) in [7, 11) is 0. The van der Waals surface area contributed by atoms with Crippen molar-refractivity contribution in [2.45, 2.75) is 52.4 Å². The highest BCUT2D eigenvalue weighted by atomic mass is 35.5. The van der Waals surface area contributed by atoms with Crippen molar-refractivity contribution < 1.29 is 19.1 Å². The molecule has 0 saturated heterocycles. The topological polar surface area (TPSA) is 52.6 Å². The number of hydrogen-bond donors (Lipinski definition) is 0. The molecule has 0 amide bonds. The van der Waals surface area contributed by atoms with Gasteiger partial charge in [0.15, 0.2) is 11.5 Å². The molecule has 5 heteroatoms. The Balaban J connectivity index is 0.00000400. The van der Waals surface area contributed by atoms with Crippen LogP contribution >= 0.6 is 12.4 Å². The average molecular weight is 315 g/mol. The highest BCUT2D eigenvalue weighted by Gasteiger charge is 2.12. The van der Waals surface area contributed by atoms with E-state index in [9.17, 15) is 9.59 Å². The smallest absolute Gasteiger partial charge is 0.311 e. The van der Waals surface area contributed by atoms with Crippen molar-refractivity contribution in [1.82, 2.24) is 0 Å². The monoisotopic (exact) mass is 314 g/mol. The van der Waals surface area contributed by atoms with E-state index in [1.807, 2.05) is 13.8 Å². The van der Waals surface area contributed by atoms with E-state index in [2.05, 4.69) is 0 Å². The lowest BCUT2D eigenvalue weighted by atomic mass is 10.2. The molecule has 0 aromatic heterocycles. The molecule has 21 heavy (non-hydrogen) atoms. The number of unbranched alkanes of at least 4 members (excludes halogenated alkanes) is 2.